The summed E-state index contributed by atoms with van der Waals surface area (Å²) in [5, 5.41) is 11.7. The minimum atomic E-state index is -0.765. The van der Waals surface area contributed by atoms with Crippen molar-refractivity contribution in [2.24, 2.45) is 0 Å². The van der Waals surface area contributed by atoms with Gasteiger partial charge in [0.05, 0.1) is 5.92 Å². The lowest BCUT2D eigenvalue weighted by molar-refractivity contribution is -0.128. The van der Waals surface area contributed by atoms with E-state index in [1.54, 1.807) is 19.1 Å². The van der Waals surface area contributed by atoms with Crippen LogP contribution < -0.4 is 5.32 Å². The Morgan fingerprint density at radius 2 is 2.19 bits per heavy atom. The number of aliphatic hydroxyl groups is 1. The molecule has 1 fully saturated rings. The first-order valence-corrected chi connectivity index (χ1v) is 5.32. The molecule has 1 amide bonds. The van der Waals surface area contributed by atoms with E-state index in [1.807, 2.05) is 0 Å². The Morgan fingerprint density at radius 3 is 2.81 bits per heavy atom. The van der Waals surface area contributed by atoms with Gasteiger partial charge >= 0.3 is 0 Å². The van der Waals surface area contributed by atoms with E-state index in [9.17, 15) is 14.3 Å². The van der Waals surface area contributed by atoms with Crippen LogP contribution in [-0.2, 0) is 4.79 Å². The summed E-state index contributed by atoms with van der Waals surface area (Å²) in [5.41, 5.74) is 1.24. The van der Waals surface area contributed by atoms with Crippen LogP contribution >= 0.6 is 0 Å². The number of piperidine rings is 1. The predicted molar refractivity (Wildman–Crippen MR) is 57.3 cm³/mol. The fourth-order valence-electron chi connectivity index (χ4n) is 1.94. The van der Waals surface area contributed by atoms with E-state index in [2.05, 4.69) is 5.32 Å². The van der Waals surface area contributed by atoms with Gasteiger partial charge in [0.25, 0.3) is 0 Å². The third-order valence-electron chi connectivity index (χ3n) is 2.95. The van der Waals surface area contributed by atoms with Gasteiger partial charge in [0.15, 0.2) is 0 Å². The molecule has 2 rings (SSSR count). The average Bonchev–Trinajstić information content (AvgIpc) is 2.22. The summed E-state index contributed by atoms with van der Waals surface area (Å²) in [4.78, 5) is 11.6. The molecule has 0 bridgehead atoms. The van der Waals surface area contributed by atoms with Crippen molar-refractivity contribution in [2.75, 3.05) is 0 Å². The monoisotopic (exact) mass is 223 g/mol. The molecule has 0 spiro atoms. The number of hydrogen-bond donors (Lipinski definition) is 2. The van der Waals surface area contributed by atoms with Gasteiger partial charge in [-0.25, -0.2) is 4.39 Å². The standard InChI is InChI=1S/C12H14FNO2/c1-7-2-3-8(6-10(7)13)9-4-5-11(15)14-12(9)16/h2-3,6,9,11,15H,4-5H2,1H3,(H,14,16). The molecule has 1 aliphatic rings. The molecule has 3 nitrogen and oxygen atoms in total. The molecule has 2 unspecified atom stereocenters. The van der Waals surface area contributed by atoms with Crippen LogP contribution in [0.15, 0.2) is 18.2 Å². The predicted octanol–water partition coefficient (Wildman–Crippen LogP) is 1.45. The van der Waals surface area contributed by atoms with Crippen LogP contribution in [0.2, 0.25) is 0 Å². The SMILES string of the molecule is Cc1ccc(C2CCC(O)NC2=O)cc1F. The molecule has 0 aliphatic carbocycles. The van der Waals surface area contributed by atoms with Crippen molar-refractivity contribution in [3.63, 3.8) is 0 Å². The van der Waals surface area contributed by atoms with Gasteiger partial charge in [-0.2, -0.15) is 0 Å². The van der Waals surface area contributed by atoms with Gasteiger partial charge in [-0.05, 0) is 37.0 Å². The van der Waals surface area contributed by atoms with Gasteiger partial charge in [0, 0.05) is 0 Å². The number of aryl methyl sites for hydroxylation is 1. The van der Waals surface area contributed by atoms with E-state index in [-0.39, 0.29) is 17.6 Å². The summed E-state index contributed by atoms with van der Waals surface area (Å²) in [6.45, 7) is 1.68. The van der Waals surface area contributed by atoms with Crippen molar-refractivity contribution < 1.29 is 14.3 Å². The van der Waals surface area contributed by atoms with Crippen LogP contribution in [0.3, 0.4) is 0 Å². The lowest BCUT2D eigenvalue weighted by Gasteiger charge is -2.26. The minimum absolute atomic E-state index is 0.234. The zero-order valence-corrected chi connectivity index (χ0v) is 9.03. The summed E-state index contributed by atoms with van der Waals surface area (Å²) in [7, 11) is 0. The van der Waals surface area contributed by atoms with Crippen LogP contribution in [-0.4, -0.2) is 17.2 Å². The maximum Gasteiger partial charge on any atom is 0.229 e. The quantitative estimate of drug-likeness (QED) is 0.757. The lowest BCUT2D eigenvalue weighted by atomic mass is 9.90. The normalized spacial score (nSPS) is 25.3. The zero-order chi connectivity index (χ0) is 11.7. The molecule has 1 saturated heterocycles. The topological polar surface area (TPSA) is 49.3 Å². The van der Waals surface area contributed by atoms with E-state index in [0.717, 1.165) is 0 Å². The second-order valence-corrected chi connectivity index (χ2v) is 4.16. The average molecular weight is 223 g/mol. The Hall–Kier alpha value is -1.42. The molecule has 1 heterocycles. The number of hydrogen-bond acceptors (Lipinski definition) is 2. The molecule has 2 N–H and O–H groups in total. The Morgan fingerprint density at radius 1 is 1.44 bits per heavy atom. The van der Waals surface area contributed by atoms with Gasteiger partial charge in [0.2, 0.25) is 5.91 Å². The van der Waals surface area contributed by atoms with E-state index >= 15 is 0 Å². The summed E-state index contributed by atoms with van der Waals surface area (Å²) in [6.07, 6.45) is 0.292. The molecular formula is C12H14FNO2. The number of rotatable bonds is 1. The number of carbonyl (C=O) groups excluding carboxylic acids is 1. The highest BCUT2D eigenvalue weighted by Gasteiger charge is 2.28. The number of benzene rings is 1. The summed E-state index contributed by atoms with van der Waals surface area (Å²) < 4.78 is 13.4. The molecule has 2 atom stereocenters. The largest absolute Gasteiger partial charge is 0.374 e. The molecule has 0 aromatic heterocycles. The van der Waals surface area contributed by atoms with Gasteiger partial charge in [0.1, 0.15) is 12.0 Å². The van der Waals surface area contributed by atoms with Crippen LogP contribution in [0, 0.1) is 12.7 Å². The number of aliphatic hydroxyl groups excluding tert-OH is 1. The van der Waals surface area contributed by atoms with Crippen molar-refractivity contribution in [2.45, 2.75) is 31.9 Å². The third kappa shape index (κ3) is 2.07. The molecule has 86 valence electrons. The fraction of sp³-hybridized carbons (Fsp3) is 0.417. The second kappa shape index (κ2) is 4.22. The van der Waals surface area contributed by atoms with Gasteiger partial charge in [-0.15, -0.1) is 0 Å². The van der Waals surface area contributed by atoms with E-state index in [4.69, 9.17) is 0 Å². The highest BCUT2D eigenvalue weighted by molar-refractivity contribution is 5.84. The van der Waals surface area contributed by atoms with Crippen molar-refractivity contribution >= 4 is 5.91 Å². The molecule has 4 heteroatoms. The van der Waals surface area contributed by atoms with Gasteiger partial charge in [-0.3, -0.25) is 4.79 Å². The smallest absolute Gasteiger partial charge is 0.229 e. The highest BCUT2D eigenvalue weighted by atomic mass is 19.1. The molecule has 1 aromatic rings. The Bertz CT molecular complexity index is 419. The molecule has 1 aromatic carbocycles. The first-order valence-electron chi connectivity index (χ1n) is 5.32. The maximum absolute atomic E-state index is 13.4. The Labute approximate surface area is 93.3 Å². The Kier molecular flexibility index (Phi) is 2.92. The van der Waals surface area contributed by atoms with Crippen LogP contribution in [0.1, 0.15) is 29.9 Å². The van der Waals surface area contributed by atoms with Gasteiger partial charge < -0.3 is 10.4 Å². The molecule has 16 heavy (non-hydrogen) atoms. The van der Waals surface area contributed by atoms with E-state index in [0.29, 0.717) is 24.0 Å². The van der Waals surface area contributed by atoms with Crippen molar-refractivity contribution in [1.82, 2.24) is 5.32 Å². The number of nitrogens with one attached hydrogen (secondary N) is 1. The van der Waals surface area contributed by atoms with E-state index < -0.39 is 6.23 Å². The van der Waals surface area contributed by atoms with Crippen LogP contribution in [0.25, 0.3) is 0 Å². The number of halogens is 1. The summed E-state index contributed by atoms with van der Waals surface area (Å²) >= 11 is 0. The first kappa shape index (κ1) is 11.1. The summed E-state index contributed by atoms with van der Waals surface area (Å²) in [5.74, 6) is -0.878. The number of carbonyl (C=O) groups is 1. The van der Waals surface area contributed by atoms with Crippen molar-refractivity contribution in [3.8, 4) is 0 Å². The fourth-order valence-corrected chi connectivity index (χ4v) is 1.94. The molecule has 0 saturated carbocycles. The van der Waals surface area contributed by atoms with E-state index in [1.165, 1.54) is 6.07 Å². The second-order valence-electron chi connectivity index (χ2n) is 4.16. The van der Waals surface area contributed by atoms with Crippen molar-refractivity contribution in [1.29, 1.82) is 0 Å². The maximum atomic E-state index is 13.4. The van der Waals surface area contributed by atoms with Crippen molar-refractivity contribution in [3.05, 3.63) is 35.1 Å². The molecular weight excluding hydrogens is 209 g/mol. The lowest BCUT2D eigenvalue weighted by Crippen LogP contribution is -2.42. The van der Waals surface area contributed by atoms with Crippen LogP contribution in [0.5, 0.6) is 0 Å². The first-order chi connectivity index (χ1) is 7.58. The van der Waals surface area contributed by atoms with Crippen LogP contribution in [0.4, 0.5) is 4.39 Å². The molecule has 0 radical (unpaired) electrons. The minimum Gasteiger partial charge on any atom is -0.374 e. The summed E-state index contributed by atoms with van der Waals surface area (Å²) in [6, 6.07) is 4.83. The third-order valence-corrected chi connectivity index (χ3v) is 2.95. The highest BCUT2D eigenvalue weighted by Crippen LogP contribution is 2.26. The Balaban J connectivity index is 2.24. The number of amides is 1. The van der Waals surface area contributed by atoms with Gasteiger partial charge in [-0.1, -0.05) is 12.1 Å². The molecule has 1 aliphatic heterocycles. The zero-order valence-electron chi connectivity index (χ0n) is 9.03.